The summed E-state index contributed by atoms with van der Waals surface area (Å²) in [5.74, 6) is -0.487. The van der Waals surface area contributed by atoms with Crippen molar-refractivity contribution < 1.29 is 14.3 Å². The number of aliphatic imine (C=N–C) groups is 1. The maximum Gasteiger partial charge on any atom is 0.330 e. The van der Waals surface area contributed by atoms with Crippen molar-refractivity contribution in [1.29, 1.82) is 0 Å². The van der Waals surface area contributed by atoms with Crippen molar-refractivity contribution in [2.75, 3.05) is 0 Å². The van der Waals surface area contributed by atoms with Gasteiger partial charge in [-0.25, -0.2) is 9.59 Å². The van der Waals surface area contributed by atoms with Crippen molar-refractivity contribution in [3.63, 3.8) is 0 Å². The molecule has 0 aromatic heterocycles. The van der Waals surface area contributed by atoms with E-state index in [1.165, 1.54) is 6.08 Å². The molecule has 0 aliphatic heterocycles. The average molecular weight is 203 g/mol. The van der Waals surface area contributed by atoms with Crippen LogP contribution < -0.4 is 0 Å². The van der Waals surface area contributed by atoms with Crippen LogP contribution in [0, 0.1) is 0 Å². The van der Waals surface area contributed by atoms with Crippen LogP contribution in [0.4, 0.5) is 5.69 Å². The summed E-state index contributed by atoms with van der Waals surface area (Å²) >= 11 is 0. The Labute approximate surface area is 86.9 Å². The van der Waals surface area contributed by atoms with Gasteiger partial charge in [0.1, 0.15) is 6.61 Å². The van der Waals surface area contributed by atoms with Crippen LogP contribution in [0.3, 0.4) is 0 Å². The van der Waals surface area contributed by atoms with Crippen molar-refractivity contribution in [2.24, 2.45) is 4.99 Å². The predicted octanol–water partition coefficient (Wildman–Crippen LogP) is 1.88. The van der Waals surface area contributed by atoms with Crippen LogP contribution in [-0.4, -0.2) is 12.0 Å². The number of hydrogen-bond acceptors (Lipinski definition) is 4. The fourth-order valence-electron chi connectivity index (χ4n) is 0.982. The topological polar surface area (TPSA) is 55.7 Å². The second-order valence-corrected chi connectivity index (χ2v) is 2.68. The van der Waals surface area contributed by atoms with Crippen LogP contribution in [0.1, 0.15) is 5.56 Å². The summed E-state index contributed by atoms with van der Waals surface area (Å²) in [4.78, 5) is 24.2. The number of hydrogen-bond donors (Lipinski definition) is 0. The van der Waals surface area contributed by atoms with E-state index in [9.17, 15) is 9.59 Å². The van der Waals surface area contributed by atoms with Crippen LogP contribution in [0.2, 0.25) is 0 Å². The first kappa shape index (κ1) is 10.9. The van der Waals surface area contributed by atoms with Crippen molar-refractivity contribution in [3.8, 4) is 0 Å². The van der Waals surface area contributed by atoms with Crippen LogP contribution in [0.15, 0.2) is 41.9 Å². The zero-order valence-corrected chi connectivity index (χ0v) is 7.97. The number of rotatable bonds is 4. The molecule has 0 saturated heterocycles. The normalized spacial score (nSPS) is 8.80. The molecule has 0 N–H and O–H groups in total. The highest BCUT2D eigenvalue weighted by atomic mass is 16.5. The summed E-state index contributed by atoms with van der Waals surface area (Å²) in [6.45, 7) is 3.41. The van der Waals surface area contributed by atoms with E-state index >= 15 is 0 Å². The molecule has 1 aromatic carbocycles. The van der Waals surface area contributed by atoms with E-state index in [-0.39, 0.29) is 6.61 Å². The Morgan fingerprint density at radius 2 is 2.40 bits per heavy atom. The number of esters is 1. The van der Waals surface area contributed by atoms with E-state index in [0.29, 0.717) is 5.69 Å². The summed E-state index contributed by atoms with van der Waals surface area (Å²) in [6.07, 6.45) is 2.53. The molecule has 0 aliphatic carbocycles. The lowest BCUT2D eigenvalue weighted by Crippen LogP contribution is -1.99. The van der Waals surface area contributed by atoms with Gasteiger partial charge in [-0.2, -0.15) is 4.99 Å². The molecule has 0 radical (unpaired) electrons. The van der Waals surface area contributed by atoms with E-state index in [1.54, 1.807) is 24.3 Å². The minimum atomic E-state index is -0.487. The summed E-state index contributed by atoms with van der Waals surface area (Å²) < 4.78 is 4.81. The average Bonchev–Trinajstić information content (AvgIpc) is 2.27. The Hall–Kier alpha value is -2.19. The predicted molar refractivity (Wildman–Crippen MR) is 54.2 cm³/mol. The third-order valence-corrected chi connectivity index (χ3v) is 1.63. The SMILES string of the molecule is C=CC(=O)OCc1cccc(N=C=O)c1. The maximum atomic E-state index is 10.8. The van der Waals surface area contributed by atoms with Gasteiger partial charge >= 0.3 is 5.97 Å². The molecule has 0 fully saturated rings. The fourth-order valence-corrected chi connectivity index (χ4v) is 0.982. The van der Waals surface area contributed by atoms with Crippen molar-refractivity contribution in [2.45, 2.75) is 6.61 Å². The number of carbonyl (C=O) groups excluding carboxylic acids is 2. The zero-order valence-electron chi connectivity index (χ0n) is 7.97. The zero-order chi connectivity index (χ0) is 11.1. The van der Waals surface area contributed by atoms with E-state index in [1.807, 2.05) is 0 Å². The Balaban J connectivity index is 2.69. The minimum absolute atomic E-state index is 0.132. The van der Waals surface area contributed by atoms with Gasteiger partial charge in [0.15, 0.2) is 0 Å². The fraction of sp³-hybridized carbons (Fsp3) is 0.0909. The molecule has 0 atom stereocenters. The highest BCUT2D eigenvalue weighted by molar-refractivity contribution is 5.81. The molecule has 0 aliphatic rings. The van der Waals surface area contributed by atoms with Gasteiger partial charge in [-0.15, -0.1) is 0 Å². The van der Waals surface area contributed by atoms with E-state index in [0.717, 1.165) is 11.6 Å². The molecule has 1 rings (SSSR count). The summed E-state index contributed by atoms with van der Waals surface area (Å²) in [5, 5.41) is 0. The second kappa shape index (κ2) is 5.52. The lowest BCUT2D eigenvalue weighted by molar-refractivity contribution is -0.138. The Morgan fingerprint density at radius 3 is 3.07 bits per heavy atom. The Kier molecular flexibility index (Phi) is 4.01. The molecular formula is C11H9NO3. The number of ether oxygens (including phenoxy) is 1. The number of nitrogens with zero attached hydrogens (tertiary/aromatic N) is 1. The molecule has 76 valence electrons. The molecule has 0 unspecified atom stereocenters. The van der Waals surface area contributed by atoms with Crippen LogP contribution >= 0.6 is 0 Å². The second-order valence-electron chi connectivity index (χ2n) is 2.68. The summed E-state index contributed by atoms with van der Waals surface area (Å²) in [7, 11) is 0. The first-order chi connectivity index (χ1) is 7.26. The standard InChI is InChI=1S/C11H9NO3/c1-2-11(14)15-7-9-4-3-5-10(6-9)12-8-13/h2-6H,1,7H2. The van der Waals surface area contributed by atoms with Crippen molar-refractivity contribution in [3.05, 3.63) is 42.5 Å². The summed E-state index contributed by atoms with van der Waals surface area (Å²) in [6, 6.07) is 6.78. The van der Waals surface area contributed by atoms with E-state index in [2.05, 4.69) is 11.6 Å². The molecule has 0 saturated carbocycles. The van der Waals surface area contributed by atoms with Crippen LogP contribution in [-0.2, 0) is 20.9 Å². The Morgan fingerprint density at radius 1 is 1.60 bits per heavy atom. The first-order valence-electron chi connectivity index (χ1n) is 4.22. The first-order valence-corrected chi connectivity index (χ1v) is 4.22. The highest BCUT2D eigenvalue weighted by Crippen LogP contribution is 2.13. The van der Waals surface area contributed by atoms with Gasteiger partial charge < -0.3 is 4.74 Å². The van der Waals surface area contributed by atoms with Gasteiger partial charge in [-0.05, 0) is 17.7 Å². The summed E-state index contributed by atoms with van der Waals surface area (Å²) in [5.41, 5.74) is 1.24. The third kappa shape index (κ3) is 3.58. The van der Waals surface area contributed by atoms with E-state index in [4.69, 9.17) is 4.74 Å². The number of carbonyl (C=O) groups is 1. The van der Waals surface area contributed by atoms with E-state index < -0.39 is 5.97 Å². The quantitative estimate of drug-likeness (QED) is 0.325. The molecular weight excluding hydrogens is 194 g/mol. The number of isocyanates is 1. The molecule has 0 amide bonds. The third-order valence-electron chi connectivity index (χ3n) is 1.63. The molecule has 0 heterocycles. The lowest BCUT2D eigenvalue weighted by Gasteiger charge is -2.02. The molecule has 0 spiro atoms. The largest absolute Gasteiger partial charge is 0.458 e. The molecule has 0 bridgehead atoms. The number of benzene rings is 1. The minimum Gasteiger partial charge on any atom is -0.458 e. The van der Waals surface area contributed by atoms with Gasteiger partial charge in [0.2, 0.25) is 6.08 Å². The monoisotopic (exact) mass is 203 g/mol. The van der Waals surface area contributed by atoms with Gasteiger partial charge in [0.05, 0.1) is 5.69 Å². The van der Waals surface area contributed by atoms with Gasteiger partial charge in [-0.1, -0.05) is 18.7 Å². The van der Waals surface area contributed by atoms with Crippen molar-refractivity contribution in [1.82, 2.24) is 0 Å². The maximum absolute atomic E-state index is 10.8. The Bertz CT molecular complexity index is 420. The van der Waals surface area contributed by atoms with Crippen molar-refractivity contribution >= 4 is 17.7 Å². The molecule has 4 nitrogen and oxygen atoms in total. The van der Waals surface area contributed by atoms with Gasteiger partial charge in [0, 0.05) is 6.08 Å². The molecule has 4 heteroatoms. The van der Waals surface area contributed by atoms with Crippen LogP contribution in [0.5, 0.6) is 0 Å². The molecule has 1 aromatic rings. The molecule has 15 heavy (non-hydrogen) atoms. The van der Waals surface area contributed by atoms with Gasteiger partial charge in [-0.3, -0.25) is 0 Å². The highest BCUT2D eigenvalue weighted by Gasteiger charge is 1.98. The van der Waals surface area contributed by atoms with Crippen LogP contribution in [0.25, 0.3) is 0 Å². The smallest absolute Gasteiger partial charge is 0.330 e. The lowest BCUT2D eigenvalue weighted by atomic mass is 10.2. The van der Waals surface area contributed by atoms with Gasteiger partial charge in [0.25, 0.3) is 0 Å².